The molecule has 102 valence electrons. The van der Waals surface area contributed by atoms with Crippen LogP contribution in [-0.4, -0.2) is 23.9 Å². The zero-order chi connectivity index (χ0) is 13.7. The van der Waals surface area contributed by atoms with Crippen LogP contribution in [0.5, 0.6) is 0 Å². The highest BCUT2D eigenvalue weighted by Gasteiger charge is 2.43. The van der Waals surface area contributed by atoms with E-state index in [9.17, 15) is 8.42 Å². The predicted molar refractivity (Wildman–Crippen MR) is 80.1 cm³/mol. The van der Waals surface area contributed by atoms with Crippen molar-refractivity contribution in [2.24, 2.45) is 0 Å². The summed E-state index contributed by atoms with van der Waals surface area (Å²) in [5.74, 6) is 0. The second-order valence-corrected chi connectivity index (χ2v) is 8.06. The van der Waals surface area contributed by atoms with E-state index in [0.29, 0.717) is 6.42 Å². The van der Waals surface area contributed by atoms with Crippen LogP contribution in [0.3, 0.4) is 0 Å². The number of sulfone groups is 1. The third kappa shape index (κ3) is 1.71. The quantitative estimate of drug-likeness (QED) is 0.809. The molecule has 3 nitrogen and oxygen atoms in total. The van der Waals surface area contributed by atoms with Gasteiger partial charge in [0.1, 0.15) is 0 Å². The molecule has 20 heavy (non-hydrogen) atoms. The van der Waals surface area contributed by atoms with E-state index in [0.717, 1.165) is 35.0 Å². The molecule has 0 N–H and O–H groups in total. The molecule has 1 saturated heterocycles. The van der Waals surface area contributed by atoms with Gasteiger partial charge in [-0.15, -0.1) is 0 Å². The summed E-state index contributed by atoms with van der Waals surface area (Å²) in [6.45, 7) is 0. The molecule has 0 saturated carbocycles. The van der Waals surface area contributed by atoms with Gasteiger partial charge in [-0.25, -0.2) is 13.4 Å². The zero-order valence-electron chi connectivity index (χ0n) is 11.0. The molecule has 0 spiro atoms. The number of para-hydroxylation sites is 1. The first-order valence-corrected chi connectivity index (χ1v) is 8.55. The lowest BCUT2D eigenvalue weighted by molar-refractivity contribution is 0.585. The smallest absolute Gasteiger partial charge is 0.159 e. The van der Waals surface area contributed by atoms with E-state index in [1.807, 2.05) is 36.4 Å². The van der Waals surface area contributed by atoms with Crippen molar-refractivity contribution in [2.45, 2.75) is 29.8 Å². The Bertz CT molecular complexity index is 823. The number of benzene rings is 1. The maximum atomic E-state index is 12.1. The fourth-order valence-corrected chi connectivity index (χ4v) is 5.48. The minimum atomic E-state index is -2.92. The maximum absolute atomic E-state index is 12.1. The van der Waals surface area contributed by atoms with E-state index >= 15 is 0 Å². The maximum Gasteiger partial charge on any atom is 0.159 e. The van der Waals surface area contributed by atoms with E-state index in [1.54, 1.807) is 0 Å². The van der Waals surface area contributed by atoms with Crippen molar-refractivity contribution in [3.63, 3.8) is 0 Å². The molecular weight excluding hydrogens is 270 g/mol. The van der Waals surface area contributed by atoms with E-state index in [2.05, 4.69) is 11.1 Å². The molecule has 4 heteroatoms. The lowest BCUT2D eigenvalue weighted by Crippen LogP contribution is -2.26. The fourth-order valence-electron chi connectivity index (χ4n) is 3.29. The van der Waals surface area contributed by atoms with Gasteiger partial charge in [0, 0.05) is 5.39 Å². The molecule has 2 unspecified atom stereocenters. The third-order valence-corrected chi connectivity index (χ3v) is 6.97. The Hall–Kier alpha value is -1.68. The molecule has 2 atom stereocenters. The second kappa shape index (κ2) is 4.16. The molecule has 2 aromatic rings. The number of nitrogens with zero attached hydrogens (tertiary/aromatic N) is 1. The third-order valence-electron chi connectivity index (χ3n) is 4.42. The number of hydrogen-bond donors (Lipinski definition) is 0. The van der Waals surface area contributed by atoms with Crippen molar-refractivity contribution in [1.82, 2.24) is 4.98 Å². The topological polar surface area (TPSA) is 47.0 Å². The Morgan fingerprint density at radius 3 is 2.75 bits per heavy atom. The summed E-state index contributed by atoms with van der Waals surface area (Å²) >= 11 is 0. The molecule has 1 fully saturated rings. The van der Waals surface area contributed by atoms with Gasteiger partial charge in [0.05, 0.1) is 21.7 Å². The molecular formula is C16H15NO2S. The summed E-state index contributed by atoms with van der Waals surface area (Å²) in [7, 11) is -2.92. The van der Waals surface area contributed by atoms with Crippen molar-refractivity contribution in [3.05, 3.63) is 48.2 Å². The van der Waals surface area contributed by atoms with Gasteiger partial charge in [-0.3, -0.25) is 0 Å². The number of pyridine rings is 1. The highest BCUT2D eigenvalue weighted by molar-refractivity contribution is 7.93. The number of fused-ring (bicyclic) bond motifs is 3. The van der Waals surface area contributed by atoms with Crippen LogP contribution in [0.2, 0.25) is 0 Å². The van der Waals surface area contributed by atoms with Crippen LogP contribution in [0.4, 0.5) is 0 Å². The fraction of sp³-hybridized carbons (Fsp3) is 0.312. The van der Waals surface area contributed by atoms with E-state index in [4.69, 9.17) is 0 Å². The average molecular weight is 285 g/mol. The molecule has 0 radical (unpaired) electrons. The minimum Gasteiger partial charge on any atom is -0.248 e. The Morgan fingerprint density at radius 1 is 1.05 bits per heavy atom. The normalized spacial score (nSPS) is 27.5. The number of rotatable bonds is 1. The van der Waals surface area contributed by atoms with Crippen LogP contribution < -0.4 is 0 Å². The van der Waals surface area contributed by atoms with Gasteiger partial charge in [0.25, 0.3) is 0 Å². The molecule has 2 aliphatic rings. The molecule has 2 bridgehead atoms. The first-order chi connectivity index (χ1) is 9.64. The molecule has 0 amide bonds. The molecule has 1 aromatic heterocycles. The van der Waals surface area contributed by atoms with Gasteiger partial charge in [-0.1, -0.05) is 30.3 Å². The summed E-state index contributed by atoms with van der Waals surface area (Å²) in [6, 6.07) is 12.1. The van der Waals surface area contributed by atoms with Gasteiger partial charge in [-0.05, 0) is 37.0 Å². The van der Waals surface area contributed by atoms with Crippen LogP contribution in [0.1, 0.15) is 25.0 Å². The number of hydrogen-bond acceptors (Lipinski definition) is 3. The van der Waals surface area contributed by atoms with Crippen molar-refractivity contribution >= 4 is 26.3 Å². The Kier molecular flexibility index (Phi) is 2.51. The number of allylic oxidation sites excluding steroid dienone is 1. The number of aromatic nitrogens is 1. The molecule has 4 rings (SSSR count). The summed E-state index contributed by atoms with van der Waals surface area (Å²) in [4.78, 5) is 4.68. The van der Waals surface area contributed by atoms with Crippen molar-refractivity contribution in [1.29, 1.82) is 0 Å². The first-order valence-electron chi connectivity index (χ1n) is 6.94. The summed E-state index contributed by atoms with van der Waals surface area (Å²) in [5, 5.41) is 0.633. The van der Waals surface area contributed by atoms with Crippen LogP contribution in [0.15, 0.2) is 42.5 Å². The highest BCUT2D eigenvalue weighted by Crippen LogP contribution is 2.40. The van der Waals surface area contributed by atoms with Crippen molar-refractivity contribution in [2.75, 3.05) is 0 Å². The second-order valence-electron chi connectivity index (χ2n) is 5.61. The van der Waals surface area contributed by atoms with Gasteiger partial charge in [-0.2, -0.15) is 0 Å². The van der Waals surface area contributed by atoms with Crippen molar-refractivity contribution in [3.8, 4) is 0 Å². The minimum absolute atomic E-state index is 0.194. The Balaban J connectivity index is 1.81. The molecule has 3 heterocycles. The van der Waals surface area contributed by atoms with Crippen LogP contribution >= 0.6 is 0 Å². The standard InChI is InChI=1S/C16H15NO2S/c18-20(19)13-6-7-14(20)10-12(9-13)16-8-5-11-3-1-2-4-15(11)17-16/h1-5,8-9,13-14H,6-7,10H2. The molecule has 1 aromatic carbocycles. The average Bonchev–Trinajstić information content (AvgIpc) is 2.67. The van der Waals surface area contributed by atoms with E-state index < -0.39 is 9.84 Å². The van der Waals surface area contributed by atoms with Gasteiger partial charge < -0.3 is 0 Å². The van der Waals surface area contributed by atoms with E-state index in [1.165, 1.54) is 0 Å². The SMILES string of the molecule is O=S1(=O)C2C=C(c3ccc4ccccc4n3)CC1CC2. The van der Waals surface area contributed by atoms with Crippen LogP contribution in [0.25, 0.3) is 16.5 Å². The summed E-state index contributed by atoms with van der Waals surface area (Å²) in [6.07, 6.45) is 4.10. The van der Waals surface area contributed by atoms with Gasteiger partial charge in [0.15, 0.2) is 9.84 Å². The first kappa shape index (κ1) is 12.1. The Labute approximate surface area is 118 Å². The highest BCUT2D eigenvalue weighted by atomic mass is 32.2. The summed E-state index contributed by atoms with van der Waals surface area (Å²) in [5.41, 5.74) is 2.99. The zero-order valence-corrected chi connectivity index (χ0v) is 11.8. The van der Waals surface area contributed by atoms with Crippen LogP contribution in [0, 0.1) is 0 Å². The monoisotopic (exact) mass is 285 g/mol. The lowest BCUT2D eigenvalue weighted by atomic mass is 10.0. The van der Waals surface area contributed by atoms with Gasteiger partial charge in [0.2, 0.25) is 0 Å². The van der Waals surface area contributed by atoms with Crippen molar-refractivity contribution < 1.29 is 8.42 Å². The van der Waals surface area contributed by atoms with Gasteiger partial charge >= 0.3 is 0 Å². The molecule has 0 aliphatic carbocycles. The lowest BCUT2D eigenvalue weighted by Gasteiger charge is -2.20. The van der Waals surface area contributed by atoms with Crippen LogP contribution in [-0.2, 0) is 9.84 Å². The molecule has 2 aliphatic heterocycles. The van der Waals surface area contributed by atoms with E-state index in [-0.39, 0.29) is 10.5 Å². The Morgan fingerprint density at radius 2 is 1.90 bits per heavy atom. The predicted octanol–water partition coefficient (Wildman–Crippen LogP) is 2.97. The summed E-state index contributed by atoms with van der Waals surface area (Å²) < 4.78 is 24.2. The largest absolute Gasteiger partial charge is 0.248 e.